The average Bonchev–Trinajstić information content (AvgIpc) is 2.59. The first-order chi connectivity index (χ1) is 11.7. The van der Waals surface area contributed by atoms with Gasteiger partial charge in [-0.25, -0.2) is 0 Å². The highest BCUT2D eigenvalue weighted by atomic mass is 15.2. The molecule has 1 heterocycles. The number of nitrogens with zero attached hydrogens (tertiary/aromatic N) is 1. The lowest BCUT2D eigenvalue weighted by atomic mass is 10.1. The molecule has 1 fully saturated rings. The Morgan fingerprint density at radius 1 is 1.12 bits per heavy atom. The molecule has 24 heavy (non-hydrogen) atoms. The molecule has 2 aromatic rings. The molecule has 2 N–H and O–H groups in total. The summed E-state index contributed by atoms with van der Waals surface area (Å²) in [4.78, 5) is 2.56. The average molecular weight is 323 g/mol. The summed E-state index contributed by atoms with van der Waals surface area (Å²) in [5.41, 5.74) is 5.31. The summed E-state index contributed by atoms with van der Waals surface area (Å²) in [6.45, 7) is 9.74. The van der Waals surface area contributed by atoms with Gasteiger partial charge in [-0.3, -0.25) is 4.90 Å². The summed E-state index contributed by atoms with van der Waals surface area (Å²) in [6, 6.07) is 18.0. The van der Waals surface area contributed by atoms with Gasteiger partial charge in [0.25, 0.3) is 0 Å². The third kappa shape index (κ3) is 4.83. The second-order valence-corrected chi connectivity index (χ2v) is 6.91. The van der Waals surface area contributed by atoms with Crippen molar-refractivity contribution in [1.29, 1.82) is 0 Å². The third-order valence-electron chi connectivity index (χ3n) is 4.79. The number of anilines is 1. The Morgan fingerprint density at radius 2 is 1.96 bits per heavy atom. The Morgan fingerprint density at radius 3 is 2.79 bits per heavy atom. The molecule has 3 nitrogen and oxygen atoms in total. The maximum atomic E-state index is 3.67. The summed E-state index contributed by atoms with van der Waals surface area (Å²) in [5.74, 6) is 0. The molecule has 3 heteroatoms. The van der Waals surface area contributed by atoms with Crippen molar-refractivity contribution in [2.75, 3.05) is 31.5 Å². The van der Waals surface area contributed by atoms with Gasteiger partial charge in [0, 0.05) is 44.5 Å². The molecular formula is C21H29N3. The summed E-state index contributed by atoms with van der Waals surface area (Å²) >= 11 is 0. The number of hydrogen-bond donors (Lipinski definition) is 2. The fourth-order valence-corrected chi connectivity index (χ4v) is 3.38. The lowest BCUT2D eigenvalue weighted by Crippen LogP contribution is -2.50. The van der Waals surface area contributed by atoms with E-state index in [4.69, 9.17) is 0 Å². The highest BCUT2D eigenvalue weighted by Crippen LogP contribution is 2.16. The number of benzene rings is 2. The molecular weight excluding hydrogens is 294 g/mol. The van der Waals surface area contributed by atoms with E-state index in [1.807, 2.05) is 0 Å². The van der Waals surface area contributed by atoms with Gasteiger partial charge in [0.2, 0.25) is 0 Å². The van der Waals surface area contributed by atoms with E-state index in [9.17, 15) is 0 Å². The van der Waals surface area contributed by atoms with Crippen LogP contribution in [0.4, 0.5) is 5.69 Å². The summed E-state index contributed by atoms with van der Waals surface area (Å²) in [5, 5.41) is 7.27. The van der Waals surface area contributed by atoms with Crippen molar-refractivity contribution in [2.24, 2.45) is 0 Å². The molecule has 0 aromatic heterocycles. The predicted octanol–water partition coefficient (Wildman–Crippen LogP) is 3.58. The van der Waals surface area contributed by atoms with Gasteiger partial charge in [-0.15, -0.1) is 0 Å². The predicted molar refractivity (Wildman–Crippen MR) is 103 cm³/mol. The van der Waals surface area contributed by atoms with Crippen LogP contribution in [0.15, 0.2) is 48.5 Å². The van der Waals surface area contributed by atoms with Crippen LogP contribution in [-0.2, 0) is 6.54 Å². The highest BCUT2D eigenvalue weighted by molar-refractivity contribution is 5.52. The zero-order valence-corrected chi connectivity index (χ0v) is 14.9. The molecule has 1 atom stereocenters. The molecule has 1 saturated heterocycles. The van der Waals surface area contributed by atoms with Gasteiger partial charge in [0.1, 0.15) is 0 Å². The molecule has 1 aliphatic heterocycles. The molecule has 2 aromatic carbocycles. The van der Waals surface area contributed by atoms with E-state index in [1.165, 1.54) is 22.4 Å². The van der Waals surface area contributed by atoms with Crippen molar-refractivity contribution in [3.05, 3.63) is 65.2 Å². The Labute approximate surface area is 146 Å². The van der Waals surface area contributed by atoms with Crippen molar-refractivity contribution in [3.63, 3.8) is 0 Å². The SMILES string of the molecule is Cc1ccc(C)c(NCC[C@@H]2CN(Cc3ccccc3)CCN2)c1. The van der Waals surface area contributed by atoms with Gasteiger partial charge in [-0.05, 0) is 43.0 Å². The maximum Gasteiger partial charge on any atom is 0.0372 e. The second-order valence-electron chi connectivity index (χ2n) is 6.91. The van der Waals surface area contributed by atoms with Gasteiger partial charge in [0.05, 0.1) is 0 Å². The smallest absolute Gasteiger partial charge is 0.0372 e. The summed E-state index contributed by atoms with van der Waals surface area (Å²) < 4.78 is 0. The van der Waals surface area contributed by atoms with Gasteiger partial charge in [-0.2, -0.15) is 0 Å². The Balaban J connectivity index is 1.46. The van der Waals surface area contributed by atoms with E-state index in [1.54, 1.807) is 0 Å². The third-order valence-corrected chi connectivity index (χ3v) is 4.79. The Hall–Kier alpha value is -1.84. The summed E-state index contributed by atoms with van der Waals surface area (Å²) in [7, 11) is 0. The molecule has 0 bridgehead atoms. The monoisotopic (exact) mass is 323 g/mol. The lowest BCUT2D eigenvalue weighted by molar-refractivity contribution is 0.189. The second kappa shape index (κ2) is 8.32. The van der Waals surface area contributed by atoms with Gasteiger partial charge < -0.3 is 10.6 Å². The zero-order chi connectivity index (χ0) is 16.8. The first kappa shape index (κ1) is 17.0. The number of rotatable bonds is 6. The molecule has 128 valence electrons. The largest absolute Gasteiger partial charge is 0.385 e. The number of aryl methyl sites for hydroxylation is 2. The van der Waals surface area contributed by atoms with Crippen molar-refractivity contribution in [2.45, 2.75) is 32.9 Å². The van der Waals surface area contributed by atoms with E-state index >= 15 is 0 Å². The standard InChI is InChI=1S/C21H29N3/c1-17-8-9-18(2)21(14-17)23-11-10-20-16-24(13-12-22-20)15-19-6-4-3-5-7-19/h3-9,14,20,22-23H,10-13,15-16H2,1-2H3/t20-/m1/s1. The van der Waals surface area contributed by atoms with Crippen LogP contribution in [0.5, 0.6) is 0 Å². The fraction of sp³-hybridized carbons (Fsp3) is 0.429. The summed E-state index contributed by atoms with van der Waals surface area (Å²) in [6.07, 6.45) is 1.15. The van der Waals surface area contributed by atoms with Crippen LogP contribution in [0, 0.1) is 13.8 Å². The van der Waals surface area contributed by atoms with Crippen LogP contribution < -0.4 is 10.6 Å². The van der Waals surface area contributed by atoms with E-state index in [0.29, 0.717) is 6.04 Å². The van der Waals surface area contributed by atoms with Gasteiger partial charge >= 0.3 is 0 Å². The van der Waals surface area contributed by atoms with E-state index in [2.05, 4.69) is 77.9 Å². The Bertz CT molecular complexity index is 639. The minimum atomic E-state index is 0.570. The quantitative estimate of drug-likeness (QED) is 0.851. The van der Waals surface area contributed by atoms with Crippen molar-refractivity contribution < 1.29 is 0 Å². The van der Waals surface area contributed by atoms with Gasteiger partial charge in [-0.1, -0.05) is 42.5 Å². The molecule has 3 rings (SSSR count). The van der Waals surface area contributed by atoms with E-state index in [-0.39, 0.29) is 0 Å². The van der Waals surface area contributed by atoms with Crippen LogP contribution in [0.1, 0.15) is 23.1 Å². The minimum absolute atomic E-state index is 0.570. The lowest BCUT2D eigenvalue weighted by Gasteiger charge is -2.34. The van der Waals surface area contributed by atoms with Crippen molar-refractivity contribution in [1.82, 2.24) is 10.2 Å². The molecule has 0 amide bonds. The molecule has 1 aliphatic rings. The van der Waals surface area contributed by atoms with E-state index in [0.717, 1.165) is 39.1 Å². The first-order valence-electron chi connectivity index (χ1n) is 9.01. The number of nitrogens with one attached hydrogen (secondary N) is 2. The van der Waals surface area contributed by atoms with Crippen LogP contribution in [-0.4, -0.2) is 37.1 Å². The van der Waals surface area contributed by atoms with Crippen LogP contribution in [0.25, 0.3) is 0 Å². The van der Waals surface area contributed by atoms with Crippen molar-refractivity contribution in [3.8, 4) is 0 Å². The van der Waals surface area contributed by atoms with Crippen molar-refractivity contribution >= 4 is 5.69 Å². The minimum Gasteiger partial charge on any atom is -0.385 e. The highest BCUT2D eigenvalue weighted by Gasteiger charge is 2.18. The van der Waals surface area contributed by atoms with Crippen LogP contribution in [0.3, 0.4) is 0 Å². The van der Waals surface area contributed by atoms with Gasteiger partial charge in [0.15, 0.2) is 0 Å². The first-order valence-corrected chi connectivity index (χ1v) is 9.01. The van der Waals surface area contributed by atoms with Crippen LogP contribution >= 0.6 is 0 Å². The Kier molecular flexibility index (Phi) is 5.89. The molecule has 0 aliphatic carbocycles. The maximum absolute atomic E-state index is 3.67. The van der Waals surface area contributed by atoms with Crippen LogP contribution in [0.2, 0.25) is 0 Å². The topological polar surface area (TPSA) is 27.3 Å². The zero-order valence-electron chi connectivity index (χ0n) is 14.9. The molecule has 0 radical (unpaired) electrons. The number of hydrogen-bond acceptors (Lipinski definition) is 3. The fourth-order valence-electron chi connectivity index (χ4n) is 3.38. The molecule has 0 spiro atoms. The molecule has 0 saturated carbocycles. The molecule has 0 unspecified atom stereocenters. The number of piperazine rings is 1. The van der Waals surface area contributed by atoms with E-state index < -0.39 is 0 Å². The normalized spacial score (nSPS) is 18.5.